The number of hydrogen-bond donors (Lipinski definition) is 0. The number of para-hydroxylation sites is 2. The first-order valence-electron chi connectivity index (χ1n) is 9.88. The molecule has 0 bridgehead atoms. The molecule has 4 nitrogen and oxygen atoms in total. The molecule has 0 spiro atoms. The van der Waals surface area contributed by atoms with Crippen molar-refractivity contribution in [2.45, 2.75) is 0 Å². The molecule has 32 heavy (non-hydrogen) atoms. The van der Waals surface area contributed by atoms with E-state index in [0.29, 0.717) is 39.3 Å². The molecule has 0 aliphatic rings. The molecule has 0 N–H and O–H groups in total. The SMILES string of the molecule is COc1cccc(Cl)c1C(=O)Pc1ccc(Oc2ccccc2)cc1Oc1ccccc1. The quantitative estimate of drug-likeness (QED) is 0.262. The Balaban J connectivity index is 1.66. The summed E-state index contributed by atoms with van der Waals surface area (Å²) in [5.41, 5.74) is 0.229. The van der Waals surface area contributed by atoms with Gasteiger partial charge in [-0.3, -0.25) is 4.79 Å². The van der Waals surface area contributed by atoms with Crippen molar-refractivity contribution in [1.29, 1.82) is 0 Å². The van der Waals surface area contributed by atoms with Crippen LogP contribution in [-0.2, 0) is 0 Å². The fourth-order valence-electron chi connectivity index (χ4n) is 3.07. The zero-order valence-electron chi connectivity index (χ0n) is 17.2. The third-order valence-electron chi connectivity index (χ3n) is 4.57. The van der Waals surface area contributed by atoms with Crippen molar-refractivity contribution in [3.63, 3.8) is 0 Å². The minimum absolute atomic E-state index is 0.137. The van der Waals surface area contributed by atoms with Crippen LogP contribution in [0.2, 0.25) is 5.02 Å². The van der Waals surface area contributed by atoms with E-state index in [1.165, 1.54) is 7.11 Å². The molecule has 0 saturated heterocycles. The van der Waals surface area contributed by atoms with Gasteiger partial charge >= 0.3 is 0 Å². The minimum Gasteiger partial charge on any atom is -0.496 e. The van der Waals surface area contributed by atoms with Crippen LogP contribution in [0, 0.1) is 0 Å². The van der Waals surface area contributed by atoms with Crippen molar-refractivity contribution in [2.75, 3.05) is 7.11 Å². The normalized spacial score (nSPS) is 10.8. The molecular weight excluding hydrogens is 443 g/mol. The fraction of sp³-hybridized carbons (Fsp3) is 0.0385. The van der Waals surface area contributed by atoms with Crippen molar-refractivity contribution in [3.8, 4) is 28.7 Å². The van der Waals surface area contributed by atoms with Gasteiger partial charge in [-0.1, -0.05) is 54.1 Å². The molecule has 0 saturated carbocycles. The Morgan fingerprint density at radius 2 is 1.38 bits per heavy atom. The van der Waals surface area contributed by atoms with Gasteiger partial charge < -0.3 is 14.2 Å². The molecule has 4 rings (SSSR count). The summed E-state index contributed by atoms with van der Waals surface area (Å²) in [6.45, 7) is 0. The number of carbonyl (C=O) groups is 1. The average Bonchev–Trinajstić information content (AvgIpc) is 2.81. The number of methoxy groups -OCH3 is 1. The third kappa shape index (κ3) is 5.28. The topological polar surface area (TPSA) is 44.8 Å². The lowest BCUT2D eigenvalue weighted by Crippen LogP contribution is -2.07. The van der Waals surface area contributed by atoms with E-state index in [1.807, 2.05) is 72.8 Å². The Morgan fingerprint density at radius 1 is 0.719 bits per heavy atom. The molecule has 4 aromatic carbocycles. The van der Waals surface area contributed by atoms with Crippen molar-refractivity contribution in [2.24, 2.45) is 0 Å². The Labute approximate surface area is 193 Å². The molecular formula is C26H20ClO4P. The molecule has 160 valence electrons. The summed E-state index contributed by atoms with van der Waals surface area (Å²) in [7, 11) is 1.30. The van der Waals surface area contributed by atoms with Gasteiger partial charge in [-0.05, 0) is 57.1 Å². The first-order valence-corrected chi connectivity index (χ1v) is 11.3. The maximum Gasteiger partial charge on any atom is 0.190 e. The summed E-state index contributed by atoms with van der Waals surface area (Å²) >= 11 is 6.31. The Hall–Kier alpha value is -3.33. The zero-order chi connectivity index (χ0) is 22.3. The first-order chi connectivity index (χ1) is 15.6. The monoisotopic (exact) mass is 462 g/mol. The largest absolute Gasteiger partial charge is 0.496 e. The van der Waals surface area contributed by atoms with Crippen LogP contribution in [0.25, 0.3) is 0 Å². The number of hydrogen-bond acceptors (Lipinski definition) is 4. The van der Waals surface area contributed by atoms with Crippen molar-refractivity contribution >= 4 is 31.0 Å². The van der Waals surface area contributed by atoms with Gasteiger partial charge in [0, 0.05) is 11.4 Å². The van der Waals surface area contributed by atoms with E-state index in [9.17, 15) is 4.79 Å². The molecule has 0 amide bonds. The molecule has 1 atom stereocenters. The van der Waals surface area contributed by atoms with E-state index in [0.717, 1.165) is 5.30 Å². The van der Waals surface area contributed by atoms with Gasteiger partial charge in [0.1, 0.15) is 28.7 Å². The van der Waals surface area contributed by atoms with Crippen LogP contribution in [0.4, 0.5) is 0 Å². The lowest BCUT2D eigenvalue weighted by molar-refractivity contribution is 0.108. The summed E-state index contributed by atoms with van der Waals surface area (Å²) in [6, 6.07) is 29.5. The number of carbonyl (C=O) groups excluding carboxylic acids is 1. The maximum absolute atomic E-state index is 13.2. The lowest BCUT2D eigenvalue weighted by Gasteiger charge is -2.14. The summed E-state index contributed by atoms with van der Waals surface area (Å²) < 4.78 is 17.4. The molecule has 4 aromatic rings. The predicted molar refractivity (Wildman–Crippen MR) is 130 cm³/mol. The Kier molecular flexibility index (Phi) is 7.06. The number of halogens is 1. The van der Waals surface area contributed by atoms with E-state index in [1.54, 1.807) is 24.3 Å². The summed E-state index contributed by atoms with van der Waals surface area (Å²) in [5.74, 6) is 2.98. The average molecular weight is 463 g/mol. The maximum atomic E-state index is 13.2. The molecule has 0 radical (unpaired) electrons. The van der Waals surface area contributed by atoms with E-state index in [2.05, 4.69) is 0 Å². The highest BCUT2D eigenvalue weighted by Gasteiger charge is 2.19. The second-order valence-electron chi connectivity index (χ2n) is 6.76. The first kappa shape index (κ1) is 21.9. The third-order valence-corrected chi connectivity index (χ3v) is 6.05. The predicted octanol–water partition coefficient (Wildman–Crippen LogP) is 7.08. The fourth-order valence-corrected chi connectivity index (χ4v) is 4.45. The lowest BCUT2D eigenvalue weighted by atomic mass is 10.2. The number of rotatable bonds is 8. The van der Waals surface area contributed by atoms with Crippen LogP contribution >= 0.6 is 20.2 Å². The summed E-state index contributed by atoms with van der Waals surface area (Å²) in [4.78, 5) is 13.2. The van der Waals surface area contributed by atoms with E-state index in [4.69, 9.17) is 25.8 Å². The molecule has 0 heterocycles. The van der Waals surface area contributed by atoms with Gasteiger partial charge in [-0.15, -0.1) is 0 Å². The van der Waals surface area contributed by atoms with Gasteiger partial charge in [0.25, 0.3) is 0 Å². The zero-order valence-corrected chi connectivity index (χ0v) is 19.0. The van der Waals surface area contributed by atoms with Gasteiger partial charge in [-0.25, -0.2) is 0 Å². The van der Waals surface area contributed by atoms with Gasteiger partial charge in [0.15, 0.2) is 5.52 Å². The number of ether oxygens (including phenoxy) is 3. The molecule has 0 aliphatic heterocycles. The number of benzene rings is 4. The van der Waals surface area contributed by atoms with E-state index < -0.39 is 0 Å². The van der Waals surface area contributed by atoms with Crippen LogP contribution < -0.4 is 19.5 Å². The van der Waals surface area contributed by atoms with Gasteiger partial charge in [-0.2, -0.15) is 0 Å². The molecule has 6 heteroatoms. The standard InChI is InChI=1S/C26H20ClO4P/c1-29-22-14-8-13-21(27)25(22)26(28)32-24-16-15-20(30-18-9-4-2-5-10-18)17-23(24)31-19-11-6-3-7-12-19/h2-17,32H,1H3. The summed E-state index contributed by atoms with van der Waals surface area (Å²) in [5, 5.41) is 1.10. The van der Waals surface area contributed by atoms with Crippen molar-refractivity contribution in [1.82, 2.24) is 0 Å². The van der Waals surface area contributed by atoms with Crippen LogP contribution in [0.5, 0.6) is 28.7 Å². The van der Waals surface area contributed by atoms with Crippen LogP contribution in [0.15, 0.2) is 97.1 Å². The van der Waals surface area contributed by atoms with Crippen LogP contribution in [0.3, 0.4) is 0 Å². The molecule has 0 aliphatic carbocycles. The van der Waals surface area contributed by atoms with Crippen LogP contribution in [-0.4, -0.2) is 12.6 Å². The summed E-state index contributed by atoms with van der Waals surface area (Å²) in [6.07, 6.45) is 0. The van der Waals surface area contributed by atoms with Crippen LogP contribution in [0.1, 0.15) is 10.4 Å². The van der Waals surface area contributed by atoms with Crippen molar-refractivity contribution < 1.29 is 19.0 Å². The van der Waals surface area contributed by atoms with Crippen molar-refractivity contribution in [3.05, 3.63) is 108 Å². The van der Waals surface area contributed by atoms with E-state index >= 15 is 0 Å². The van der Waals surface area contributed by atoms with Gasteiger partial charge in [0.2, 0.25) is 0 Å². The second kappa shape index (κ2) is 10.3. The van der Waals surface area contributed by atoms with E-state index in [-0.39, 0.29) is 14.1 Å². The molecule has 1 unspecified atom stereocenters. The Morgan fingerprint density at radius 3 is 2.03 bits per heavy atom. The Bertz CT molecular complexity index is 1210. The van der Waals surface area contributed by atoms with Gasteiger partial charge in [0.05, 0.1) is 17.7 Å². The molecule has 0 fully saturated rings. The highest BCUT2D eigenvalue weighted by atomic mass is 35.5. The second-order valence-corrected chi connectivity index (χ2v) is 8.41. The highest BCUT2D eigenvalue weighted by molar-refractivity contribution is 7.66. The highest BCUT2D eigenvalue weighted by Crippen LogP contribution is 2.36. The smallest absolute Gasteiger partial charge is 0.190 e. The molecule has 0 aromatic heterocycles. The minimum atomic E-state index is -0.218.